The number of nitrogens with one attached hydrogen (secondary N) is 1. The molecule has 0 radical (unpaired) electrons. The van der Waals surface area contributed by atoms with Crippen molar-refractivity contribution in [2.45, 2.75) is 39.7 Å². The molecule has 2 aromatic rings. The number of rotatable bonds is 4. The number of carboxylic acids is 1. The van der Waals surface area contributed by atoms with Crippen molar-refractivity contribution in [2.24, 2.45) is 0 Å². The monoisotopic (exact) mass is 367 g/mol. The SMILES string of the molecule is Cc1ccc(C(=O)O)c(C(C)(C)C)c1NCc1cnc(Cl)nc1Cl. The van der Waals surface area contributed by atoms with Crippen molar-refractivity contribution in [2.75, 3.05) is 5.32 Å². The van der Waals surface area contributed by atoms with Gasteiger partial charge >= 0.3 is 5.97 Å². The molecule has 0 saturated heterocycles. The maximum Gasteiger partial charge on any atom is 0.336 e. The van der Waals surface area contributed by atoms with Crippen LogP contribution in [0, 0.1) is 6.92 Å². The number of carbonyl (C=O) groups is 1. The predicted molar refractivity (Wildman–Crippen MR) is 96.2 cm³/mol. The number of carboxylic acid groups (broad SMARTS) is 1. The lowest BCUT2D eigenvalue weighted by Crippen LogP contribution is -2.21. The Labute approximate surface area is 151 Å². The van der Waals surface area contributed by atoms with Crippen LogP contribution in [0.3, 0.4) is 0 Å². The van der Waals surface area contributed by atoms with Crippen LogP contribution in [0.4, 0.5) is 5.69 Å². The summed E-state index contributed by atoms with van der Waals surface area (Å²) in [5.74, 6) is -0.948. The third kappa shape index (κ3) is 3.97. The highest BCUT2D eigenvalue weighted by molar-refractivity contribution is 6.32. The lowest BCUT2D eigenvalue weighted by atomic mass is 9.81. The van der Waals surface area contributed by atoms with Gasteiger partial charge in [0.2, 0.25) is 5.28 Å². The molecule has 128 valence electrons. The molecule has 0 amide bonds. The molecule has 2 rings (SSSR count). The van der Waals surface area contributed by atoms with Gasteiger partial charge in [-0.05, 0) is 41.1 Å². The molecule has 1 aromatic heterocycles. The first-order chi connectivity index (χ1) is 11.1. The molecule has 1 heterocycles. The molecule has 5 nitrogen and oxygen atoms in total. The van der Waals surface area contributed by atoms with E-state index in [9.17, 15) is 9.90 Å². The largest absolute Gasteiger partial charge is 0.478 e. The third-order valence-electron chi connectivity index (χ3n) is 3.63. The number of hydrogen-bond acceptors (Lipinski definition) is 4. The average Bonchev–Trinajstić information content (AvgIpc) is 2.45. The fourth-order valence-electron chi connectivity index (χ4n) is 2.56. The first-order valence-electron chi connectivity index (χ1n) is 7.39. The Morgan fingerprint density at radius 1 is 1.29 bits per heavy atom. The summed E-state index contributed by atoms with van der Waals surface area (Å²) >= 11 is 11.8. The molecular weight excluding hydrogens is 349 g/mol. The van der Waals surface area contributed by atoms with Gasteiger partial charge in [0.25, 0.3) is 0 Å². The highest BCUT2D eigenvalue weighted by atomic mass is 35.5. The van der Waals surface area contributed by atoms with Gasteiger partial charge in [0.1, 0.15) is 5.15 Å². The van der Waals surface area contributed by atoms with E-state index in [0.29, 0.717) is 12.1 Å². The first-order valence-corrected chi connectivity index (χ1v) is 8.15. The second kappa shape index (κ2) is 6.95. The minimum Gasteiger partial charge on any atom is -0.478 e. The molecule has 2 N–H and O–H groups in total. The Bertz CT molecular complexity index is 786. The molecule has 0 fully saturated rings. The second-order valence-corrected chi connectivity index (χ2v) is 7.24. The lowest BCUT2D eigenvalue weighted by molar-refractivity contribution is 0.0694. The molecule has 0 aliphatic rings. The summed E-state index contributed by atoms with van der Waals surface area (Å²) in [6.45, 7) is 8.25. The zero-order valence-electron chi connectivity index (χ0n) is 13.9. The summed E-state index contributed by atoms with van der Waals surface area (Å²) in [5.41, 5.74) is 3.11. The first kappa shape index (κ1) is 18.5. The number of nitrogens with zero attached hydrogens (tertiary/aromatic N) is 2. The van der Waals surface area contributed by atoms with E-state index in [2.05, 4.69) is 15.3 Å². The molecular formula is C17H19Cl2N3O2. The van der Waals surface area contributed by atoms with Gasteiger partial charge in [0, 0.05) is 24.0 Å². The van der Waals surface area contributed by atoms with Crippen LogP contribution < -0.4 is 5.32 Å². The van der Waals surface area contributed by atoms with Crippen LogP contribution in [0.1, 0.15) is 47.8 Å². The maximum atomic E-state index is 11.6. The van der Waals surface area contributed by atoms with E-state index in [1.165, 1.54) is 0 Å². The topological polar surface area (TPSA) is 75.1 Å². The Kier molecular flexibility index (Phi) is 5.35. The van der Waals surface area contributed by atoms with Crippen molar-refractivity contribution in [3.8, 4) is 0 Å². The smallest absolute Gasteiger partial charge is 0.336 e. The summed E-state index contributed by atoms with van der Waals surface area (Å²) < 4.78 is 0. The standard InChI is InChI=1S/C17H19Cl2N3O2/c1-9-5-6-11(15(23)24)12(17(2,3)4)13(9)20-7-10-8-21-16(19)22-14(10)18/h5-6,8,20H,7H2,1-4H3,(H,23,24). The maximum absolute atomic E-state index is 11.6. The van der Waals surface area contributed by atoms with Gasteiger partial charge in [-0.15, -0.1) is 0 Å². The third-order valence-corrected chi connectivity index (χ3v) is 4.14. The van der Waals surface area contributed by atoms with E-state index in [-0.39, 0.29) is 21.4 Å². The fourth-order valence-corrected chi connectivity index (χ4v) is 2.93. The van der Waals surface area contributed by atoms with Crippen molar-refractivity contribution in [3.63, 3.8) is 0 Å². The van der Waals surface area contributed by atoms with Crippen LogP contribution in [0.25, 0.3) is 0 Å². The highest BCUT2D eigenvalue weighted by Gasteiger charge is 2.26. The van der Waals surface area contributed by atoms with Gasteiger partial charge in [-0.2, -0.15) is 0 Å². The zero-order valence-corrected chi connectivity index (χ0v) is 15.5. The molecule has 24 heavy (non-hydrogen) atoms. The van der Waals surface area contributed by atoms with Crippen LogP contribution in [0.5, 0.6) is 0 Å². The minimum atomic E-state index is -0.948. The van der Waals surface area contributed by atoms with Gasteiger partial charge in [-0.1, -0.05) is 38.4 Å². The summed E-state index contributed by atoms with van der Waals surface area (Å²) in [4.78, 5) is 19.5. The van der Waals surface area contributed by atoms with Gasteiger partial charge in [-0.25, -0.2) is 14.8 Å². The second-order valence-electron chi connectivity index (χ2n) is 6.54. The fraction of sp³-hybridized carbons (Fsp3) is 0.353. The molecule has 0 atom stereocenters. The molecule has 0 spiro atoms. The Morgan fingerprint density at radius 3 is 2.50 bits per heavy atom. The number of aromatic nitrogens is 2. The van der Waals surface area contributed by atoms with Crippen LogP contribution in [-0.2, 0) is 12.0 Å². The number of hydrogen-bond donors (Lipinski definition) is 2. The molecule has 0 saturated carbocycles. The van der Waals surface area contributed by atoms with E-state index in [4.69, 9.17) is 23.2 Å². The van der Waals surface area contributed by atoms with Crippen molar-refractivity contribution in [3.05, 3.63) is 51.0 Å². The van der Waals surface area contributed by atoms with Crippen molar-refractivity contribution < 1.29 is 9.90 Å². The van der Waals surface area contributed by atoms with Crippen molar-refractivity contribution in [1.29, 1.82) is 0 Å². The molecule has 0 aliphatic heterocycles. The molecule has 1 aromatic carbocycles. The summed E-state index contributed by atoms with van der Waals surface area (Å²) in [6.07, 6.45) is 1.55. The Morgan fingerprint density at radius 2 is 1.96 bits per heavy atom. The van der Waals surface area contributed by atoms with E-state index in [0.717, 1.165) is 16.8 Å². The zero-order chi connectivity index (χ0) is 18.1. The summed E-state index contributed by atoms with van der Waals surface area (Å²) in [6, 6.07) is 3.43. The van der Waals surface area contributed by atoms with E-state index >= 15 is 0 Å². The van der Waals surface area contributed by atoms with Crippen molar-refractivity contribution >= 4 is 34.9 Å². The van der Waals surface area contributed by atoms with E-state index in [1.54, 1.807) is 18.3 Å². The molecule has 0 unspecified atom stereocenters. The average molecular weight is 368 g/mol. The minimum absolute atomic E-state index is 0.0863. The number of halogens is 2. The summed E-state index contributed by atoms with van der Waals surface area (Å²) in [5, 5.41) is 13.2. The number of anilines is 1. The highest BCUT2D eigenvalue weighted by Crippen LogP contribution is 2.35. The van der Waals surface area contributed by atoms with Crippen LogP contribution in [0.15, 0.2) is 18.3 Å². The lowest BCUT2D eigenvalue weighted by Gasteiger charge is -2.27. The van der Waals surface area contributed by atoms with Gasteiger partial charge in [0.05, 0.1) is 5.56 Å². The Hall–Kier alpha value is -1.85. The molecule has 7 heteroatoms. The van der Waals surface area contributed by atoms with Gasteiger partial charge in [-0.3, -0.25) is 0 Å². The quantitative estimate of drug-likeness (QED) is 0.604. The normalized spacial score (nSPS) is 11.4. The van der Waals surface area contributed by atoms with Gasteiger partial charge < -0.3 is 10.4 Å². The predicted octanol–water partition coefficient (Wildman–Crippen LogP) is 4.70. The van der Waals surface area contributed by atoms with E-state index in [1.807, 2.05) is 27.7 Å². The van der Waals surface area contributed by atoms with Crippen LogP contribution >= 0.6 is 23.2 Å². The van der Waals surface area contributed by atoms with E-state index < -0.39 is 5.97 Å². The number of aromatic carboxylic acids is 1. The molecule has 0 bridgehead atoms. The van der Waals surface area contributed by atoms with Crippen LogP contribution in [0.2, 0.25) is 10.4 Å². The van der Waals surface area contributed by atoms with Gasteiger partial charge in [0.15, 0.2) is 0 Å². The van der Waals surface area contributed by atoms with Crippen molar-refractivity contribution in [1.82, 2.24) is 9.97 Å². The Balaban J connectivity index is 2.45. The number of benzene rings is 1. The molecule has 0 aliphatic carbocycles. The van der Waals surface area contributed by atoms with Crippen LogP contribution in [-0.4, -0.2) is 21.0 Å². The number of aryl methyl sites for hydroxylation is 1. The summed E-state index contributed by atoms with van der Waals surface area (Å²) in [7, 11) is 0.